The van der Waals surface area contributed by atoms with E-state index in [2.05, 4.69) is 35.7 Å². The van der Waals surface area contributed by atoms with Gasteiger partial charge in [-0.15, -0.1) is 0 Å². The third-order valence-electron chi connectivity index (χ3n) is 4.49. The topological polar surface area (TPSA) is 12.0 Å². The molecule has 1 spiro atoms. The van der Waals surface area contributed by atoms with Crippen molar-refractivity contribution in [2.75, 3.05) is 13.6 Å². The van der Waals surface area contributed by atoms with Crippen LogP contribution in [-0.2, 0) is 5.41 Å². The van der Waals surface area contributed by atoms with Gasteiger partial charge < -0.3 is 5.32 Å². The number of benzene rings is 1. The van der Waals surface area contributed by atoms with Crippen molar-refractivity contribution in [2.24, 2.45) is 0 Å². The van der Waals surface area contributed by atoms with E-state index in [1.54, 1.807) is 11.1 Å². The first-order valence-corrected chi connectivity index (χ1v) is 6.79. The predicted octanol–water partition coefficient (Wildman–Crippen LogP) is 3.50. The summed E-state index contributed by atoms with van der Waals surface area (Å²) in [4.78, 5) is 0. The Kier molecular flexibility index (Phi) is 2.79. The molecule has 0 atom stereocenters. The van der Waals surface area contributed by atoms with Gasteiger partial charge in [0.25, 0.3) is 0 Å². The highest BCUT2D eigenvalue weighted by Gasteiger charge is 2.42. The van der Waals surface area contributed by atoms with Crippen LogP contribution in [0.5, 0.6) is 0 Å². The van der Waals surface area contributed by atoms with Gasteiger partial charge in [-0.05, 0) is 48.4 Å². The van der Waals surface area contributed by atoms with Crippen molar-refractivity contribution in [1.82, 2.24) is 5.32 Å². The SMILES string of the molecule is CNCC=C1CC2(CCCC2)c2ccccc21. The van der Waals surface area contributed by atoms with Gasteiger partial charge in [-0.1, -0.05) is 43.2 Å². The minimum atomic E-state index is 0.496. The van der Waals surface area contributed by atoms with Crippen molar-refractivity contribution < 1.29 is 0 Å². The summed E-state index contributed by atoms with van der Waals surface area (Å²) in [6.07, 6.45) is 9.25. The number of nitrogens with one attached hydrogen (secondary N) is 1. The Morgan fingerprint density at radius 2 is 2.00 bits per heavy atom. The van der Waals surface area contributed by atoms with Crippen LogP contribution in [0.3, 0.4) is 0 Å². The molecule has 0 unspecified atom stereocenters. The molecule has 0 aliphatic heterocycles. The molecule has 1 aromatic carbocycles. The Labute approximate surface area is 104 Å². The van der Waals surface area contributed by atoms with Crippen LogP contribution in [0.25, 0.3) is 5.57 Å². The molecule has 2 aliphatic carbocycles. The summed E-state index contributed by atoms with van der Waals surface area (Å²) in [6.45, 7) is 0.986. The molecule has 1 saturated carbocycles. The summed E-state index contributed by atoms with van der Waals surface area (Å²) in [5.74, 6) is 0. The molecule has 0 aromatic heterocycles. The van der Waals surface area contributed by atoms with Crippen LogP contribution in [0.2, 0.25) is 0 Å². The Balaban J connectivity index is 2.03. The summed E-state index contributed by atoms with van der Waals surface area (Å²) in [5, 5.41) is 3.23. The van der Waals surface area contributed by atoms with Crippen molar-refractivity contribution in [2.45, 2.75) is 37.5 Å². The van der Waals surface area contributed by atoms with Crippen molar-refractivity contribution in [3.05, 3.63) is 41.5 Å². The molecule has 3 rings (SSSR count). The van der Waals surface area contributed by atoms with Gasteiger partial charge in [0.05, 0.1) is 0 Å². The number of rotatable bonds is 2. The molecule has 0 bridgehead atoms. The van der Waals surface area contributed by atoms with E-state index in [-0.39, 0.29) is 0 Å². The number of likely N-dealkylation sites (N-methyl/N-ethyl adjacent to an activating group) is 1. The molecular formula is C16H21N. The summed E-state index contributed by atoms with van der Waals surface area (Å²) in [7, 11) is 2.02. The smallest absolute Gasteiger partial charge is 0.0137 e. The van der Waals surface area contributed by atoms with Crippen molar-refractivity contribution >= 4 is 5.57 Å². The molecule has 1 N–H and O–H groups in total. The van der Waals surface area contributed by atoms with E-state index in [9.17, 15) is 0 Å². The summed E-state index contributed by atoms with van der Waals surface area (Å²) < 4.78 is 0. The predicted molar refractivity (Wildman–Crippen MR) is 73.1 cm³/mol. The van der Waals surface area contributed by atoms with Crippen LogP contribution < -0.4 is 5.32 Å². The van der Waals surface area contributed by atoms with E-state index < -0.39 is 0 Å². The van der Waals surface area contributed by atoms with Gasteiger partial charge >= 0.3 is 0 Å². The zero-order valence-corrected chi connectivity index (χ0v) is 10.6. The summed E-state index contributed by atoms with van der Waals surface area (Å²) >= 11 is 0. The Morgan fingerprint density at radius 3 is 2.76 bits per heavy atom. The van der Waals surface area contributed by atoms with Crippen molar-refractivity contribution in [3.8, 4) is 0 Å². The molecule has 1 fully saturated rings. The lowest BCUT2D eigenvalue weighted by Gasteiger charge is -2.23. The maximum Gasteiger partial charge on any atom is 0.0137 e. The molecule has 2 aliphatic rings. The minimum Gasteiger partial charge on any atom is -0.316 e. The van der Waals surface area contributed by atoms with E-state index >= 15 is 0 Å². The van der Waals surface area contributed by atoms with Gasteiger partial charge in [0.2, 0.25) is 0 Å². The number of fused-ring (bicyclic) bond motifs is 2. The highest BCUT2D eigenvalue weighted by molar-refractivity contribution is 5.76. The van der Waals surface area contributed by atoms with Crippen LogP contribution >= 0.6 is 0 Å². The van der Waals surface area contributed by atoms with Gasteiger partial charge in [-0.3, -0.25) is 0 Å². The Morgan fingerprint density at radius 1 is 1.24 bits per heavy atom. The second-order valence-electron chi connectivity index (χ2n) is 5.50. The van der Waals surface area contributed by atoms with Gasteiger partial charge in [0.15, 0.2) is 0 Å². The zero-order chi connectivity index (χ0) is 11.7. The van der Waals surface area contributed by atoms with E-state index in [4.69, 9.17) is 0 Å². The molecule has 90 valence electrons. The third-order valence-corrected chi connectivity index (χ3v) is 4.49. The van der Waals surface area contributed by atoms with E-state index in [0.717, 1.165) is 6.54 Å². The Hall–Kier alpha value is -1.08. The van der Waals surface area contributed by atoms with E-state index in [1.807, 2.05) is 7.05 Å². The molecule has 0 heterocycles. The maximum atomic E-state index is 3.23. The number of allylic oxidation sites excluding steroid dienone is 1. The molecule has 0 radical (unpaired) electrons. The van der Waals surface area contributed by atoms with E-state index in [0.29, 0.717) is 5.41 Å². The number of hydrogen-bond donors (Lipinski definition) is 1. The average molecular weight is 227 g/mol. The first-order chi connectivity index (χ1) is 8.36. The first-order valence-electron chi connectivity index (χ1n) is 6.79. The van der Waals surface area contributed by atoms with Gasteiger partial charge in [-0.25, -0.2) is 0 Å². The molecule has 1 heteroatoms. The molecule has 17 heavy (non-hydrogen) atoms. The van der Waals surface area contributed by atoms with Crippen LogP contribution in [-0.4, -0.2) is 13.6 Å². The second kappa shape index (κ2) is 4.30. The zero-order valence-electron chi connectivity index (χ0n) is 10.6. The fraction of sp³-hybridized carbons (Fsp3) is 0.500. The maximum absolute atomic E-state index is 3.23. The summed E-state index contributed by atoms with van der Waals surface area (Å²) in [5.41, 5.74) is 5.21. The molecule has 1 aromatic rings. The van der Waals surface area contributed by atoms with Crippen LogP contribution in [0.4, 0.5) is 0 Å². The normalized spacial score (nSPS) is 23.5. The number of hydrogen-bond acceptors (Lipinski definition) is 1. The van der Waals surface area contributed by atoms with Crippen LogP contribution in [0.15, 0.2) is 30.3 Å². The van der Waals surface area contributed by atoms with E-state index in [1.165, 1.54) is 37.7 Å². The highest BCUT2D eigenvalue weighted by atomic mass is 14.8. The fourth-order valence-corrected chi connectivity index (χ4v) is 3.69. The van der Waals surface area contributed by atoms with Gasteiger partial charge in [-0.2, -0.15) is 0 Å². The van der Waals surface area contributed by atoms with Crippen molar-refractivity contribution in [1.29, 1.82) is 0 Å². The molecule has 0 saturated heterocycles. The largest absolute Gasteiger partial charge is 0.316 e. The van der Waals surface area contributed by atoms with Crippen LogP contribution in [0.1, 0.15) is 43.2 Å². The second-order valence-corrected chi connectivity index (χ2v) is 5.50. The van der Waals surface area contributed by atoms with Gasteiger partial charge in [0.1, 0.15) is 0 Å². The molecule has 1 nitrogen and oxygen atoms in total. The van der Waals surface area contributed by atoms with Gasteiger partial charge in [0, 0.05) is 6.54 Å². The summed E-state index contributed by atoms with van der Waals surface area (Å²) in [6, 6.07) is 9.06. The fourth-order valence-electron chi connectivity index (χ4n) is 3.69. The van der Waals surface area contributed by atoms with Crippen molar-refractivity contribution in [3.63, 3.8) is 0 Å². The average Bonchev–Trinajstić information content (AvgIpc) is 2.95. The highest BCUT2D eigenvalue weighted by Crippen LogP contribution is 2.54. The standard InChI is InChI=1S/C16H21N/c1-17-11-8-13-12-16(9-4-5-10-16)15-7-3-2-6-14(13)15/h2-3,6-8,17H,4-5,9-12H2,1H3. The van der Waals surface area contributed by atoms with Crippen LogP contribution in [0, 0.1) is 0 Å². The quantitative estimate of drug-likeness (QED) is 0.815. The first kappa shape index (κ1) is 11.0. The minimum absolute atomic E-state index is 0.496. The lowest BCUT2D eigenvalue weighted by Crippen LogP contribution is -2.17. The molecular weight excluding hydrogens is 206 g/mol. The lowest BCUT2D eigenvalue weighted by atomic mass is 9.80. The third kappa shape index (κ3) is 1.73. The monoisotopic (exact) mass is 227 g/mol. The molecule has 0 amide bonds. The lowest BCUT2D eigenvalue weighted by molar-refractivity contribution is 0.469. The Bertz CT molecular complexity index is 439.